The number of imidazole rings is 1. The molecule has 0 saturated carbocycles. The molecule has 2 aromatic heterocycles. The van der Waals surface area contributed by atoms with Crippen LogP contribution in [-0.2, 0) is 11.3 Å². The Bertz CT molecular complexity index is 1430. The highest BCUT2D eigenvalue weighted by Gasteiger charge is 2.19. The predicted molar refractivity (Wildman–Crippen MR) is 123 cm³/mol. The number of carbonyl (C=O) groups is 1. The number of benzene rings is 2. The Morgan fingerprint density at radius 2 is 1.78 bits per heavy atom. The Labute approximate surface area is 183 Å². The Balaban J connectivity index is 1.86. The number of hydrogen-bond acceptors (Lipinski definition) is 4. The summed E-state index contributed by atoms with van der Waals surface area (Å²) in [4.78, 5) is 44.6. The van der Waals surface area contributed by atoms with Crippen molar-refractivity contribution in [2.75, 3.05) is 0 Å². The average Bonchev–Trinajstić information content (AvgIpc) is 3.22. The van der Waals surface area contributed by atoms with Gasteiger partial charge in [-0.15, -0.1) is 0 Å². The van der Waals surface area contributed by atoms with E-state index in [2.05, 4.69) is 9.97 Å². The number of H-pyrrole nitrogens is 1. The summed E-state index contributed by atoms with van der Waals surface area (Å²) in [5.41, 5.74) is 2.08. The normalized spacial score (nSPS) is 11.6. The van der Waals surface area contributed by atoms with Gasteiger partial charge in [-0.2, -0.15) is 0 Å². The highest BCUT2D eigenvalue weighted by Crippen LogP contribution is 2.20. The fourth-order valence-corrected chi connectivity index (χ4v) is 3.56. The van der Waals surface area contributed by atoms with Gasteiger partial charge in [-0.05, 0) is 31.1 Å². The molecule has 162 valence electrons. The predicted octanol–water partition coefficient (Wildman–Crippen LogP) is 3.28. The maximum Gasteiger partial charge on any atom is 0.333 e. The number of fused-ring (bicyclic) bond motifs is 1. The summed E-state index contributed by atoms with van der Waals surface area (Å²) >= 11 is 0. The van der Waals surface area contributed by atoms with E-state index in [1.54, 1.807) is 38.1 Å². The second kappa shape index (κ2) is 8.50. The van der Waals surface area contributed by atoms with Crippen molar-refractivity contribution in [2.24, 2.45) is 0 Å². The number of carboxylic acid groups (broad SMARTS) is 1. The van der Waals surface area contributed by atoms with E-state index >= 15 is 0 Å². The topological polar surface area (TPSA) is 110 Å². The van der Waals surface area contributed by atoms with Crippen molar-refractivity contribution in [1.82, 2.24) is 19.1 Å². The summed E-state index contributed by atoms with van der Waals surface area (Å²) in [6.07, 6.45) is 2.55. The number of hydrogen-bond donors (Lipinski definition) is 2. The standard InChI is InChI=1S/C24H22N4O4/c1-15(2)28-23(31)20-22(27(24(28)32)14-17-6-4-3-5-7-17)26-21(25-20)18-11-8-16(9-12-18)10-13-19(29)30/h3-13,15H,14H2,1-2H3,(H,25,26)(H,29,30). The molecule has 0 unspecified atom stereocenters. The number of aromatic amines is 1. The number of carboxylic acids is 1. The third kappa shape index (κ3) is 4.02. The van der Waals surface area contributed by atoms with Crippen LogP contribution in [-0.4, -0.2) is 30.2 Å². The van der Waals surface area contributed by atoms with Gasteiger partial charge < -0.3 is 10.1 Å². The van der Waals surface area contributed by atoms with Gasteiger partial charge in [-0.1, -0.05) is 54.6 Å². The van der Waals surface area contributed by atoms with E-state index in [-0.39, 0.29) is 11.6 Å². The largest absolute Gasteiger partial charge is 0.478 e. The van der Waals surface area contributed by atoms with E-state index in [0.717, 1.165) is 17.2 Å². The molecule has 2 aromatic carbocycles. The molecule has 0 spiro atoms. The zero-order valence-electron chi connectivity index (χ0n) is 17.6. The van der Waals surface area contributed by atoms with Crippen molar-refractivity contribution >= 4 is 23.2 Å². The average molecular weight is 430 g/mol. The Kier molecular flexibility index (Phi) is 5.59. The quantitative estimate of drug-likeness (QED) is 0.456. The number of aliphatic carboxylic acids is 1. The zero-order chi connectivity index (χ0) is 22.8. The van der Waals surface area contributed by atoms with Gasteiger partial charge >= 0.3 is 11.7 Å². The summed E-state index contributed by atoms with van der Waals surface area (Å²) in [5, 5.41) is 8.77. The van der Waals surface area contributed by atoms with Gasteiger partial charge in [-0.3, -0.25) is 13.9 Å². The molecule has 0 aliphatic carbocycles. The lowest BCUT2D eigenvalue weighted by Crippen LogP contribution is -2.41. The third-order valence-electron chi connectivity index (χ3n) is 5.12. The molecule has 8 nitrogen and oxygen atoms in total. The molecule has 0 saturated heterocycles. The fourth-order valence-electron chi connectivity index (χ4n) is 3.56. The maximum absolute atomic E-state index is 13.2. The molecule has 4 rings (SSSR count). The Morgan fingerprint density at radius 1 is 1.09 bits per heavy atom. The minimum absolute atomic E-state index is 0.194. The molecular weight excluding hydrogens is 408 g/mol. The highest BCUT2D eigenvalue weighted by atomic mass is 16.4. The van der Waals surface area contributed by atoms with Crippen molar-refractivity contribution in [3.05, 3.63) is 92.6 Å². The maximum atomic E-state index is 13.2. The van der Waals surface area contributed by atoms with Crippen LogP contribution in [0, 0.1) is 0 Å². The molecule has 0 aliphatic heterocycles. The van der Waals surface area contributed by atoms with E-state index in [0.29, 0.717) is 23.6 Å². The second-order valence-corrected chi connectivity index (χ2v) is 7.70. The minimum atomic E-state index is -1.02. The molecule has 0 fully saturated rings. The number of nitrogens with one attached hydrogen (secondary N) is 1. The van der Waals surface area contributed by atoms with E-state index in [1.807, 2.05) is 30.3 Å². The molecule has 0 atom stereocenters. The van der Waals surface area contributed by atoms with Crippen LogP contribution in [0.5, 0.6) is 0 Å². The molecule has 0 aliphatic rings. The Morgan fingerprint density at radius 3 is 2.41 bits per heavy atom. The van der Waals surface area contributed by atoms with Crippen LogP contribution < -0.4 is 11.2 Å². The molecule has 32 heavy (non-hydrogen) atoms. The molecule has 0 radical (unpaired) electrons. The van der Waals surface area contributed by atoms with E-state index in [9.17, 15) is 14.4 Å². The lowest BCUT2D eigenvalue weighted by atomic mass is 10.1. The molecular formula is C24H22N4O4. The second-order valence-electron chi connectivity index (χ2n) is 7.70. The fraction of sp³-hybridized carbons (Fsp3) is 0.167. The molecule has 8 heteroatoms. The van der Waals surface area contributed by atoms with Crippen LogP contribution in [0.4, 0.5) is 0 Å². The first-order valence-corrected chi connectivity index (χ1v) is 10.2. The number of aromatic nitrogens is 4. The lowest BCUT2D eigenvalue weighted by Gasteiger charge is -2.13. The number of nitrogens with zero attached hydrogens (tertiary/aromatic N) is 3. The van der Waals surface area contributed by atoms with Crippen molar-refractivity contribution in [1.29, 1.82) is 0 Å². The third-order valence-corrected chi connectivity index (χ3v) is 5.12. The van der Waals surface area contributed by atoms with Gasteiger partial charge in [0.05, 0.1) is 6.54 Å². The van der Waals surface area contributed by atoms with E-state index < -0.39 is 17.2 Å². The van der Waals surface area contributed by atoms with Gasteiger partial charge in [-0.25, -0.2) is 14.6 Å². The van der Waals surface area contributed by atoms with Gasteiger partial charge in [0.2, 0.25) is 0 Å². The Hall–Kier alpha value is -4.20. The van der Waals surface area contributed by atoms with Crippen LogP contribution in [0.1, 0.15) is 31.0 Å². The summed E-state index contributed by atoms with van der Waals surface area (Å²) in [5.74, 6) is -0.572. The van der Waals surface area contributed by atoms with Crippen LogP contribution >= 0.6 is 0 Å². The van der Waals surface area contributed by atoms with Crippen LogP contribution in [0.2, 0.25) is 0 Å². The van der Waals surface area contributed by atoms with Crippen LogP contribution in [0.25, 0.3) is 28.6 Å². The molecule has 0 amide bonds. The van der Waals surface area contributed by atoms with Gasteiger partial charge in [0.15, 0.2) is 5.52 Å². The monoisotopic (exact) mass is 430 g/mol. The van der Waals surface area contributed by atoms with E-state index in [1.165, 1.54) is 15.2 Å². The zero-order valence-corrected chi connectivity index (χ0v) is 17.6. The molecule has 0 bridgehead atoms. The molecule has 2 heterocycles. The van der Waals surface area contributed by atoms with Gasteiger partial charge in [0.25, 0.3) is 5.56 Å². The van der Waals surface area contributed by atoms with Crippen molar-refractivity contribution in [3.8, 4) is 11.4 Å². The summed E-state index contributed by atoms with van der Waals surface area (Å²) in [6, 6.07) is 16.3. The SMILES string of the molecule is CC(C)n1c(=O)c2nc(-c3ccc(C=CC(=O)O)cc3)[nH]c2n(Cc2ccccc2)c1=O. The van der Waals surface area contributed by atoms with Crippen molar-refractivity contribution in [3.63, 3.8) is 0 Å². The minimum Gasteiger partial charge on any atom is -0.478 e. The first-order valence-electron chi connectivity index (χ1n) is 10.2. The summed E-state index contributed by atoms with van der Waals surface area (Å²) in [6.45, 7) is 3.88. The first kappa shape index (κ1) is 21.0. The van der Waals surface area contributed by atoms with Gasteiger partial charge in [0, 0.05) is 17.7 Å². The highest BCUT2D eigenvalue weighted by molar-refractivity contribution is 5.85. The number of rotatable bonds is 6. The summed E-state index contributed by atoms with van der Waals surface area (Å²) < 4.78 is 2.75. The molecule has 2 N–H and O–H groups in total. The van der Waals surface area contributed by atoms with Crippen molar-refractivity contribution in [2.45, 2.75) is 26.4 Å². The smallest absolute Gasteiger partial charge is 0.333 e. The lowest BCUT2D eigenvalue weighted by molar-refractivity contribution is -0.131. The molecule has 4 aromatic rings. The first-order chi connectivity index (χ1) is 15.3. The van der Waals surface area contributed by atoms with Gasteiger partial charge in [0.1, 0.15) is 11.5 Å². The summed E-state index contributed by atoms with van der Waals surface area (Å²) in [7, 11) is 0. The van der Waals surface area contributed by atoms with Crippen LogP contribution in [0.3, 0.4) is 0 Å². The van der Waals surface area contributed by atoms with E-state index in [4.69, 9.17) is 5.11 Å². The van der Waals surface area contributed by atoms with Crippen LogP contribution in [0.15, 0.2) is 70.3 Å². The van der Waals surface area contributed by atoms with Crippen molar-refractivity contribution < 1.29 is 9.90 Å².